The van der Waals surface area contributed by atoms with E-state index in [1.807, 2.05) is 6.92 Å². The summed E-state index contributed by atoms with van der Waals surface area (Å²) in [5.41, 5.74) is 0. The molecule has 3 heteroatoms. The number of rotatable bonds is 2. The van der Waals surface area contributed by atoms with Gasteiger partial charge in [0, 0.05) is 6.54 Å². The van der Waals surface area contributed by atoms with Crippen LogP contribution < -0.4 is 0 Å². The van der Waals surface area contributed by atoms with Gasteiger partial charge in [-0.1, -0.05) is 19.1 Å². The van der Waals surface area contributed by atoms with Gasteiger partial charge < -0.3 is 0 Å². The van der Waals surface area contributed by atoms with E-state index in [9.17, 15) is 9.59 Å². The lowest BCUT2D eigenvalue weighted by molar-refractivity contribution is -0.140. The smallest absolute Gasteiger partial charge is 0.233 e. The van der Waals surface area contributed by atoms with Gasteiger partial charge in [0.25, 0.3) is 0 Å². The largest absolute Gasteiger partial charge is 0.282 e. The van der Waals surface area contributed by atoms with E-state index in [1.54, 1.807) is 0 Å². The predicted octanol–water partition coefficient (Wildman–Crippen LogP) is 1.20. The molecule has 2 fully saturated rings. The van der Waals surface area contributed by atoms with Crippen LogP contribution in [-0.4, -0.2) is 23.3 Å². The monoisotopic (exact) mass is 205 g/mol. The molecule has 0 unspecified atom stereocenters. The highest BCUT2D eigenvalue weighted by Crippen LogP contribution is 2.52. The van der Waals surface area contributed by atoms with Gasteiger partial charge in [0.15, 0.2) is 0 Å². The number of carbonyl (C=O) groups is 2. The predicted molar refractivity (Wildman–Crippen MR) is 54.7 cm³/mol. The average molecular weight is 205 g/mol. The van der Waals surface area contributed by atoms with Crippen molar-refractivity contribution in [1.82, 2.24) is 4.90 Å². The number of hydrogen-bond acceptors (Lipinski definition) is 2. The Bertz CT molecular complexity index is 331. The molecule has 3 rings (SSSR count). The van der Waals surface area contributed by atoms with Crippen LogP contribution in [0.1, 0.15) is 19.8 Å². The zero-order valence-corrected chi connectivity index (χ0v) is 8.85. The fourth-order valence-electron chi connectivity index (χ4n) is 3.41. The van der Waals surface area contributed by atoms with E-state index in [0.29, 0.717) is 18.4 Å². The van der Waals surface area contributed by atoms with Crippen LogP contribution in [0.4, 0.5) is 0 Å². The molecule has 80 valence electrons. The number of amides is 2. The van der Waals surface area contributed by atoms with Crippen molar-refractivity contribution in [2.45, 2.75) is 19.8 Å². The minimum atomic E-state index is -0.0148. The molecule has 1 aliphatic heterocycles. The molecule has 1 saturated heterocycles. The first-order chi connectivity index (χ1) is 7.24. The number of allylic oxidation sites excluding steroid dienone is 2. The summed E-state index contributed by atoms with van der Waals surface area (Å²) in [5, 5.41) is 0. The number of likely N-dealkylation sites (tertiary alicyclic amines) is 1. The second-order valence-electron chi connectivity index (χ2n) is 4.83. The van der Waals surface area contributed by atoms with Crippen molar-refractivity contribution < 1.29 is 9.59 Å². The Morgan fingerprint density at radius 1 is 1.20 bits per heavy atom. The van der Waals surface area contributed by atoms with E-state index < -0.39 is 0 Å². The van der Waals surface area contributed by atoms with Crippen LogP contribution in [-0.2, 0) is 9.59 Å². The van der Waals surface area contributed by atoms with Crippen molar-refractivity contribution in [3.8, 4) is 0 Å². The van der Waals surface area contributed by atoms with Gasteiger partial charge >= 0.3 is 0 Å². The quantitative estimate of drug-likeness (QED) is 0.502. The van der Waals surface area contributed by atoms with Gasteiger partial charge in [0.2, 0.25) is 11.8 Å². The van der Waals surface area contributed by atoms with Crippen LogP contribution in [0.3, 0.4) is 0 Å². The summed E-state index contributed by atoms with van der Waals surface area (Å²) in [5.74, 6) is 0.835. The highest BCUT2D eigenvalue weighted by atomic mass is 16.2. The van der Waals surface area contributed by atoms with Crippen LogP contribution >= 0.6 is 0 Å². The molecule has 0 spiro atoms. The molecule has 3 aliphatic rings. The number of hydrogen-bond donors (Lipinski definition) is 0. The fraction of sp³-hybridized carbons (Fsp3) is 0.667. The molecule has 15 heavy (non-hydrogen) atoms. The van der Waals surface area contributed by atoms with Crippen LogP contribution in [0.5, 0.6) is 0 Å². The van der Waals surface area contributed by atoms with Crippen molar-refractivity contribution >= 4 is 11.8 Å². The topological polar surface area (TPSA) is 37.4 Å². The first kappa shape index (κ1) is 9.13. The normalized spacial score (nSPS) is 41.8. The van der Waals surface area contributed by atoms with Gasteiger partial charge in [0.1, 0.15) is 0 Å². The second kappa shape index (κ2) is 2.94. The van der Waals surface area contributed by atoms with Gasteiger partial charge in [-0.2, -0.15) is 0 Å². The maximum Gasteiger partial charge on any atom is 0.233 e. The average Bonchev–Trinajstić information content (AvgIpc) is 2.87. The van der Waals surface area contributed by atoms with E-state index in [2.05, 4.69) is 12.2 Å². The van der Waals surface area contributed by atoms with E-state index in [-0.39, 0.29) is 23.7 Å². The van der Waals surface area contributed by atoms with E-state index in [0.717, 1.165) is 12.8 Å². The van der Waals surface area contributed by atoms with E-state index >= 15 is 0 Å². The van der Waals surface area contributed by atoms with Crippen LogP contribution in [0.2, 0.25) is 0 Å². The summed E-state index contributed by atoms with van der Waals surface area (Å²) in [6, 6.07) is 0. The molecule has 0 aromatic rings. The molecule has 0 aromatic carbocycles. The summed E-state index contributed by atoms with van der Waals surface area (Å²) in [4.78, 5) is 25.6. The summed E-state index contributed by atoms with van der Waals surface area (Å²) >= 11 is 0. The first-order valence-electron chi connectivity index (χ1n) is 5.77. The van der Waals surface area contributed by atoms with E-state index in [1.165, 1.54) is 4.90 Å². The molecule has 2 bridgehead atoms. The Labute approximate surface area is 89.1 Å². The molecule has 0 aromatic heterocycles. The molecule has 1 saturated carbocycles. The first-order valence-corrected chi connectivity index (χ1v) is 5.77. The lowest BCUT2D eigenvalue weighted by Crippen LogP contribution is -2.33. The zero-order chi connectivity index (χ0) is 10.6. The van der Waals surface area contributed by atoms with Crippen molar-refractivity contribution in [1.29, 1.82) is 0 Å². The molecule has 0 radical (unpaired) electrons. The van der Waals surface area contributed by atoms with Crippen LogP contribution in [0, 0.1) is 23.7 Å². The zero-order valence-electron chi connectivity index (χ0n) is 8.85. The molecular weight excluding hydrogens is 190 g/mol. The van der Waals surface area contributed by atoms with Crippen LogP contribution in [0.25, 0.3) is 0 Å². The Morgan fingerprint density at radius 2 is 1.73 bits per heavy atom. The number of carbonyl (C=O) groups excluding carboxylic acids is 2. The van der Waals surface area contributed by atoms with Crippen LogP contribution in [0.15, 0.2) is 12.2 Å². The molecule has 2 aliphatic carbocycles. The van der Waals surface area contributed by atoms with Gasteiger partial charge in [-0.25, -0.2) is 0 Å². The SMILES string of the molecule is CCCN1C(=O)[C@@H]2[C@H](C1=O)[C@H]1C=C[C@H]2C1. The van der Waals surface area contributed by atoms with Gasteiger partial charge in [-0.05, 0) is 24.7 Å². The maximum absolute atomic E-state index is 12.0. The summed E-state index contributed by atoms with van der Waals surface area (Å²) in [7, 11) is 0. The lowest BCUT2D eigenvalue weighted by Gasteiger charge is -2.15. The molecule has 4 atom stereocenters. The summed E-state index contributed by atoms with van der Waals surface area (Å²) in [6.45, 7) is 2.60. The minimum Gasteiger partial charge on any atom is -0.282 e. The maximum atomic E-state index is 12.0. The highest BCUT2D eigenvalue weighted by molar-refractivity contribution is 6.06. The van der Waals surface area contributed by atoms with Crippen molar-refractivity contribution in [3.05, 3.63) is 12.2 Å². The Morgan fingerprint density at radius 3 is 2.20 bits per heavy atom. The molecular formula is C12H15NO2. The Kier molecular flexibility index (Phi) is 1.79. The van der Waals surface area contributed by atoms with Crippen molar-refractivity contribution in [3.63, 3.8) is 0 Å². The highest BCUT2D eigenvalue weighted by Gasteiger charge is 2.58. The molecule has 0 N–H and O–H groups in total. The molecule has 1 heterocycles. The van der Waals surface area contributed by atoms with Gasteiger partial charge in [-0.15, -0.1) is 0 Å². The second-order valence-corrected chi connectivity index (χ2v) is 4.83. The molecule has 3 nitrogen and oxygen atoms in total. The number of fused-ring (bicyclic) bond motifs is 5. The van der Waals surface area contributed by atoms with E-state index in [4.69, 9.17) is 0 Å². The third kappa shape index (κ3) is 1.01. The van der Waals surface area contributed by atoms with Gasteiger partial charge in [-0.3, -0.25) is 14.5 Å². The van der Waals surface area contributed by atoms with Gasteiger partial charge in [0.05, 0.1) is 11.8 Å². The van der Waals surface area contributed by atoms with Crippen molar-refractivity contribution in [2.75, 3.05) is 6.54 Å². The number of imide groups is 1. The Balaban J connectivity index is 1.93. The third-order valence-electron chi connectivity index (χ3n) is 4.01. The minimum absolute atomic E-state index is 0.0148. The molecule has 2 amide bonds. The van der Waals surface area contributed by atoms with Crippen molar-refractivity contribution in [2.24, 2.45) is 23.7 Å². The number of nitrogens with zero attached hydrogens (tertiary/aromatic N) is 1. The third-order valence-corrected chi connectivity index (χ3v) is 4.01. The summed E-state index contributed by atoms with van der Waals surface area (Å²) < 4.78 is 0. The standard InChI is InChI=1S/C12H15NO2/c1-2-5-13-11(14)9-7-3-4-8(6-7)10(9)12(13)15/h3-4,7-10H,2,5-6H2,1H3/t7-,8-,9-,10+/m0/s1. The fourth-order valence-corrected chi connectivity index (χ4v) is 3.41. The lowest BCUT2D eigenvalue weighted by atomic mass is 9.85. The summed E-state index contributed by atoms with van der Waals surface area (Å²) in [6.07, 6.45) is 6.14. The Hall–Kier alpha value is -1.12.